The zero-order valence-corrected chi connectivity index (χ0v) is 14.8. The SMILES string of the molecule is CC1CNCCC1(C)c1cccc(NS(=O)(=O)c2cccnc2)c1. The molecule has 0 saturated carbocycles. The van der Waals surface area contributed by atoms with E-state index in [0.29, 0.717) is 11.6 Å². The van der Waals surface area contributed by atoms with Crippen LogP contribution in [0.5, 0.6) is 0 Å². The summed E-state index contributed by atoms with van der Waals surface area (Å²) in [5.74, 6) is 0.483. The molecule has 1 aromatic heterocycles. The molecule has 6 heteroatoms. The Kier molecular flexibility index (Phi) is 4.60. The number of nitrogens with one attached hydrogen (secondary N) is 2. The van der Waals surface area contributed by atoms with E-state index in [1.54, 1.807) is 18.3 Å². The van der Waals surface area contributed by atoms with Crippen LogP contribution in [0.1, 0.15) is 25.8 Å². The minimum atomic E-state index is -3.62. The van der Waals surface area contributed by atoms with Gasteiger partial charge in [-0.25, -0.2) is 8.42 Å². The highest BCUT2D eigenvalue weighted by Gasteiger charge is 2.35. The van der Waals surface area contributed by atoms with Gasteiger partial charge in [-0.2, -0.15) is 0 Å². The zero-order valence-electron chi connectivity index (χ0n) is 14.0. The van der Waals surface area contributed by atoms with Crippen molar-refractivity contribution in [1.29, 1.82) is 0 Å². The van der Waals surface area contributed by atoms with Crippen LogP contribution in [0.25, 0.3) is 0 Å². The number of hydrogen-bond donors (Lipinski definition) is 2. The second kappa shape index (κ2) is 6.53. The lowest BCUT2D eigenvalue weighted by atomic mass is 9.68. The summed E-state index contributed by atoms with van der Waals surface area (Å²) in [5, 5.41) is 3.42. The Balaban J connectivity index is 1.89. The molecule has 0 spiro atoms. The third-order valence-electron chi connectivity index (χ3n) is 5.08. The van der Waals surface area contributed by atoms with Crippen molar-refractivity contribution >= 4 is 15.7 Å². The van der Waals surface area contributed by atoms with Crippen LogP contribution in [0.3, 0.4) is 0 Å². The average Bonchev–Trinajstić information content (AvgIpc) is 2.58. The Morgan fingerprint density at radius 3 is 2.83 bits per heavy atom. The number of hydrogen-bond acceptors (Lipinski definition) is 4. The number of rotatable bonds is 4. The molecule has 3 rings (SSSR count). The summed E-state index contributed by atoms with van der Waals surface area (Å²) in [5.41, 5.74) is 1.80. The van der Waals surface area contributed by atoms with E-state index < -0.39 is 10.0 Å². The van der Waals surface area contributed by atoms with Gasteiger partial charge in [0, 0.05) is 18.1 Å². The van der Waals surface area contributed by atoms with Gasteiger partial charge in [-0.1, -0.05) is 26.0 Å². The molecular formula is C18H23N3O2S. The first-order valence-corrected chi connectivity index (χ1v) is 9.64. The number of aromatic nitrogens is 1. The Bertz CT molecular complexity index is 808. The molecule has 0 bridgehead atoms. The third kappa shape index (κ3) is 3.30. The van der Waals surface area contributed by atoms with Gasteiger partial charge in [-0.15, -0.1) is 0 Å². The molecule has 1 aliphatic heterocycles. The number of nitrogens with zero attached hydrogens (tertiary/aromatic N) is 1. The van der Waals surface area contributed by atoms with E-state index in [2.05, 4.69) is 34.9 Å². The molecule has 0 radical (unpaired) electrons. The van der Waals surface area contributed by atoms with E-state index in [4.69, 9.17) is 0 Å². The highest BCUT2D eigenvalue weighted by Crippen LogP contribution is 2.38. The van der Waals surface area contributed by atoms with Crippen LogP contribution in [0, 0.1) is 5.92 Å². The van der Waals surface area contributed by atoms with Crippen LogP contribution in [-0.4, -0.2) is 26.5 Å². The number of benzene rings is 1. The quantitative estimate of drug-likeness (QED) is 0.894. The number of pyridine rings is 1. The lowest BCUT2D eigenvalue weighted by molar-refractivity contribution is 0.238. The summed E-state index contributed by atoms with van der Waals surface area (Å²) in [7, 11) is -3.62. The summed E-state index contributed by atoms with van der Waals surface area (Å²) in [6.07, 6.45) is 3.94. The Morgan fingerprint density at radius 1 is 1.29 bits per heavy atom. The van der Waals surface area contributed by atoms with Crippen molar-refractivity contribution in [1.82, 2.24) is 10.3 Å². The fourth-order valence-electron chi connectivity index (χ4n) is 3.23. The summed E-state index contributed by atoms with van der Waals surface area (Å²) >= 11 is 0. The first-order chi connectivity index (χ1) is 11.4. The van der Waals surface area contributed by atoms with Gasteiger partial charge in [-0.3, -0.25) is 9.71 Å². The predicted octanol–water partition coefficient (Wildman–Crippen LogP) is 2.77. The lowest BCUT2D eigenvalue weighted by Crippen LogP contribution is -2.44. The maximum Gasteiger partial charge on any atom is 0.263 e. The van der Waals surface area contributed by atoms with Gasteiger partial charge in [0.05, 0.1) is 0 Å². The molecule has 2 heterocycles. The molecule has 2 aromatic rings. The molecular weight excluding hydrogens is 322 g/mol. The standard InChI is InChI=1S/C18H23N3O2S/c1-14-12-20-10-8-18(14,2)15-5-3-6-16(11-15)21-24(22,23)17-7-4-9-19-13-17/h3-7,9,11,13-14,20-21H,8,10,12H2,1-2H3. The van der Waals surface area contributed by atoms with Gasteiger partial charge in [0.25, 0.3) is 10.0 Å². The average molecular weight is 345 g/mol. The van der Waals surface area contributed by atoms with Crippen molar-refractivity contribution in [3.05, 3.63) is 54.4 Å². The molecule has 1 aliphatic rings. The topological polar surface area (TPSA) is 71.1 Å². The van der Waals surface area contributed by atoms with E-state index in [-0.39, 0.29) is 10.3 Å². The maximum atomic E-state index is 12.5. The summed E-state index contributed by atoms with van der Waals surface area (Å²) in [6, 6.07) is 10.9. The molecule has 128 valence electrons. The first kappa shape index (κ1) is 16.9. The molecule has 2 atom stereocenters. The van der Waals surface area contributed by atoms with Gasteiger partial charge in [-0.05, 0) is 60.7 Å². The minimum absolute atomic E-state index is 0.0427. The highest BCUT2D eigenvalue weighted by molar-refractivity contribution is 7.92. The van der Waals surface area contributed by atoms with Crippen LogP contribution in [0.15, 0.2) is 53.7 Å². The highest BCUT2D eigenvalue weighted by atomic mass is 32.2. The molecule has 0 aliphatic carbocycles. The maximum absolute atomic E-state index is 12.5. The molecule has 1 fully saturated rings. The fraction of sp³-hybridized carbons (Fsp3) is 0.389. The zero-order chi connectivity index (χ0) is 17.2. The van der Waals surface area contributed by atoms with Gasteiger partial charge in [0.15, 0.2) is 0 Å². The van der Waals surface area contributed by atoms with E-state index in [1.807, 2.05) is 12.1 Å². The van der Waals surface area contributed by atoms with Gasteiger partial charge in [0.2, 0.25) is 0 Å². The largest absolute Gasteiger partial charge is 0.316 e. The fourth-order valence-corrected chi connectivity index (χ4v) is 4.24. The summed E-state index contributed by atoms with van der Waals surface area (Å²) in [4.78, 5) is 4.04. The van der Waals surface area contributed by atoms with Crippen LogP contribution in [0.2, 0.25) is 0 Å². The second-order valence-electron chi connectivity index (χ2n) is 6.65. The van der Waals surface area contributed by atoms with Gasteiger partial charge >= 0.3 is 0 Å². The van der Waals surface area contributed by atoms with Crippen molar-refractivity contribution in [2.45, 2.75) is 30.6 Å². The van der Waals surface area contributed by atoms with Crippen LogP contribution >= 0.6 is 0 Å². The molecule has 1 aromatic carbocycles. The smallest absolute Gasteiger partial charge is 0.263 e. The van der Waals surface area contributed by atoms with Crippen LogP contribution < -0.4 is 10.0 Å². The summed E-state index contributed by atoms with van der Waals surface area (Å²) < 4.78 is 27.6. The Labute approximate surface area is 143 Å². The molecule has 5 nitrogen and oxygen atoms in total. The molecule has 0 amide bonds. The third-order valence-corrected chi connectivity index (χ3v) is 6.44. The monoisotopic (exact) mass is 345 g/mol. The minimum Gasteiger partial charge on any atom is -0.316 e. The van der Waals surface area contributed by atoms with Crippen LogP contribution in [0.4, 0.5) is 5.69 Å². The molecule has 24 heavy (non-hydrogen) atoms. The summed E-state index contributed by atoms with van der Waals surface area (Å²) in [6.45, 7) is 6.44. The normalized spacial score (nSPS) is 24.5. The van der Waals surface area contributed by atoms with Crippen molar-refractivity contribution < 1.29 is 8.42 Å². The van der Waals surface area contributed by atoms with Crippen molar-refractivity contribution in [3.8, 4) is 0 Å². The van der Waals surface area contributed by atoms with E-state index >= 15 is 0 Å². The van der Waals surface area contributed by atoms with Crippen LogP contribution in [-0.2, 0) is 15.4 Å². The van der Waals surface area contributed by atoms with Crippen molar-refractivity contribution in [3.63, 3.8) is 0 Å². The number of anilines is 1. The van der Waals surface area contributed by atoms with E-state index in [0.717, 1.165) is 19.5 Å². The van der Waals surface area contributed by atoms with Gasteiger partial charge in [0.1, 0.15) is 4.90 Å². The van der Waals surface area contributed by atoms with E-state index in [9.17, 15) is 8.42 Å². The van der Waals surface area contributed by atoms with E-state index in [1.165, 1.54) is 17.8 Å². The lowest BCUT2D eigenvalue weighted by Gasteiger charge is -2.40. The Hall–Kier alpha value is -1.92. The molecule has 2 unspecified atom stereocenters. The Morgan fingerprint density at radius 2 is 2.12 bits per heavy atom. The first-order valence-electron chi connectivity index (χ1n) is 8.16. The van der Waals surface area contributed by atoms with Gasteiger partial charge < -0.3 is 5.32 Å². The number of sulfonamides is 1. The van der Waals surface area contributed by atoms with Crippen molar-refractivity contribution in [2.24, 2.45) is 5.92 Å². The molecule has 2 N–H and O–H groups in total. The predicted molar refractivity (Wildman–Crippen MR) is 95.5 cm³/mol. The molecule has 1 saturated heterocycles. The van der Waals surface area contributed by atoms with Crippen molar-refractivity contribution in [2.75, 3.05) is 17.8 Å². The number of piperidine rings is 1. The second-order valence-corrected chi connectivity index (χ2v) is 8.33.